The van der Waals surface area contributed by atoms with Crippen LogP contribution in [0.4, 0.5) is 11.5 Å². The Balaban J connectivity index is 1.33. The van der Waals surface area contributed by atoms with Crippen molar-refractivity contribution < 1.29 is 9.59 Å². The lowest BCUT2D eigenvalue weighted by Gasteiger charge is -2.34. The van der Waals surface area contributed by atoms with Crippen molar-refractivity contribution in [2.75, 3.05) is 36.4 Å². The highest BCUT2D eigenvalue weighted by Gasteiger charge is 2.32. The second kappa shape index (κ2) is 9.12. The largest absolute Gasteiger partial charge is 0.356 e. The molecule has 1 N–H and O–H groups in total. The van der Waals surface area contributed by atoms with Crippen LogP contribution in [0.2, 0.25) is 0 Å². The third kappa shape index (κ3) is 4.87. The van der Waals surface area contributed by atoms with Crippen LogP contribution in [0.1, 0.15) is 72.4 Å². The van der Waals surface area contributed by atoms with Crippen molar-refractivity contribution in [3.05, 3.63) is 46.9 Å². The van der Waals surface area contributed by atoms with Gasteiger partial charge in [-0.05, 0) is 75.6 Å². The normalized spacial score (nSPS) is 20.4. The summed E-state index contributed by atoms with van der Waals surface area (Å²) in [5.74, 6) is 2.94. The van der Waals surface area contributed by atoms with E-state index in [0.29, 0.717) is 17.8 Å². The zero-order valence-corrected chi connectivity index (χ0v) is 19.6. The predicted octanol–water partition coefficient (Wildman–Crippen LogP) is 3.93. The van der Waals surface area contributed by atoms with Crippen LogP contribution in [-0.4, -0.2) is 52.9 Å². The van der Waals surface area contributed by atoms with E-state index in [1.165, 1.54) is 31.7 Å². The number of nitrogens with one attached hydrogen (secondary N) is 1. The number of rotatable bonds is 5. The number of anilines is 2. The Kier molecular flexibility index (Phi) is 6.04. The van der Waals surface area contributed by atoms with Crippen LogP contribution in [0, 0.1) is 12.8 Å². The van der Waals surface area contributed by atoms with Crippen molar-refractivity contribution in [1.82, 2.24) is 14.9 Å². The Hall–Kier alpha value is -2.96. The first kappa shape index (κ1) is 21.9. The quantitative estimate of drug-likeness (QED) is 0.752. The van der Waals surface area contributed by atoms with Gasteiger partial charge in [-0.15, -0.1) is 0 Å². The summed E-state index contributed by atoms with van der Waals surface area (Å²) in [5.41, 5.74) is 3.76. The van der Waals surface area contributed by atoms with Gasteiger partial charge in [0, 0.05) is 61.5 Å². The van der Waals surface area contributed by atoms with E-state index in [0.717, 1.165) is 62.2 Å². The highest BCUT2D eigenvalue weighted by atomic mass is 16.2. The number of fused-ring (bicyclic) bond motifs is 1. The molecule has 7 heteroatoms. The van der Waals surface area contributed by atoms with Gasteiger partial charge in [-0.3, -0.25) is 9.59 Å². The molecule has 1 aliphatic carbocycles. The van der Waals surface area contributed by atoms with E-state index in [9.17, 15) is 9.59 Å². The van der Waals surface area contributed by atoms with Gasteiger partial charge in [0.2, 0.25) is 5.91 Å². The molecule has 0 spiro atoms. The molecular weight excluding hydrogens is 414 g/mol. The number of benzene rings is 1. The lowest BCUT2D eigenvalue weighted by Crippen LogP contribution is -2.40. The van der Waals surface area contributed by atoms with Gasteiger partial charge in [0.05, 0.1) is 0 Å². The van der Waals surface area contributed by atoms with Crippen molar-refractivity contribution in [3.8, 4) is 0 Å². The van der Waals surface area contributed by atoms with Gasteiger partial charge in [-0.1, -0.05) is 0 Å². The Morgan fingerprint density at radius 3 is 2.58 bits per heavy atom. The van der Waals surface area contributed by atoms with Crippen molar-refractivity contribution in [3.63, 3.8) is 0 Å². The van der Waals surface area contributed by atoms with E-state index >= 15 is 0 Å². The number of nitrogens with zero attached hydrogens (tertiary/aromatic N) is 4. The van der Waals surface area contributed by atoms with Crippen molar-refractivity contribution in [1.29, 1.82) is 0 Å². The first-order valence-corrected chi connectivity index (χ1v) is 12.3. The Bertz CT molecular complexity index is 1050. The molecule has 1 saturated heterocycles. The molecule has 2 amide bonds. The van der Waals surface area contributed by atoms with E-state index in [1.54, 1.807) is 24.3 Å². The van der Waals surface area contributed by atoms with Crippen LogP contribution in [0.3, 0.4) is 0 Å². The smallest absolute Gasteiger partial charge is 0.253 e. The van der Waals surface area contributed by atoms with Crippen LogP contribution in [0.5, 0.6) is 0 Å². The van der Waals surface area contributed by atoms with E-state index in [2.05, 4.69) is 17.1 Å². The van der Waals surface area contributed by atoms with Gasteiger partial charge in [0.25, 0.3) is 5.91 Å². The predicted molar refractivity (Wildman–Crippen MR) is 129 cm³/mol. The molecule has 1 aromatic heterocycles. The van der Waals surface area contributed by atoms with Crippen LogP contribution < -0.4 is 10.2 Å². The topological polar surface area (TPSA) is 78.4 Å². The summed E-state index contributed by atoms with van der Waals surface area (Å²) in [7, 11) is 0. The standard InChI is InChI=1S/C26H33N5O2/c1-17-23-6-4-13-30(15-19-7-8-19)25(23)29-24(27-17)21-5-3-14-31(16-21)26(33)20-9-11-22(12-10-20)28-18(2)32/h9-12,19,21H,3-8,13-16H2,1-2H3,(H,28,32)/t21-/m1/s1. The van der Waals surface area contributed by atoms with Crippen LogP contribution in [0.25, 0.3) is 0 Å². The third-order valence-corrected chi connectivity index (χ3v) is 7.07. The second-order valence-corrected chi connectivity index (χ2v) is 9.81. The van der Waals surface area contributed by atoms with E-state index < -0.39 is 0 Å². The molecule has 3 aliphatic rings. The summed E-state index contributed by atoms with van der Waals surface area (Å²) in [6.45, 7) is 7.19. The molecule has 1 aromatic carbocycles. The summed E-state index contributed by atoms with van der Waals surface area (Å²) in [6, 6.07) is 7.12. The maximum Gasteiger partial charge on any atom is 0.253 e. The fraction of sp³-hybridized carbons (Fsp3) is 0.538. The molecule has 1 atom stereocenters. The first-order chi connectivity index (χ1) is 16.0. The number of piperidine rings is 1. The van der Waals surface area contributed by atoms with Gasteiger partial charge in [-0.2, -0.15) is 0 Å². The number of hydrogen-bond acceptors (Lipinski definition) is 5. The van der Waals surface area contributed by atoms with E-state index in [1.807, 2.05) is 4.90 Å². The van der Waals surface area contributed by atoms with E-state index in [4.69, 9.17) is 9.97 Å². The summed E-state index contributed by atoms with van der Waals surface area (Å²) in [4.78, 5) is 38.9. The van der Waals surface area contributed by atoms with Gasteiger partial charge < -0.3 is 15.1 Å². The molecule has 1 saturated carbocycles. The molecule has 5 rings (SSSR count). The van der Waals surface area contributed by atoms with Gasteiger partial charge in [-0.25, -0.2) is 9.97 Å². The zero-order chi connectivity index (χ0) is 22.9. The van der Waals surface area contributed by atoms with Gasteiger partial charge in [0.15, 0.2) is 0 Å². The minimum atomic E-state index is -0.121. The summed E-state index contributed by atoms with van der Waals surface area (Å²) >= 11 is 0. The number of carbonyl (C=O) groups excluding carboxylic acids is 2. The Labute approximate surface area is 195 Å². The number of carbonyl (C=O) groups is 2. The highest BCUT2D eigenvalue weighted by Crippen LogP contribution is 2.36. The van der Waals surface area contributed by atoms with Gasteiger partial charge in [0.1, 0.15) is 11.6 Å². The summed E-state index contributed by atoms with van der Waals surface area (Å²) in [6.07, 6.45) is 6.88. The molecule has 7 nitrogen and oxygen atoms in total. The lowest BCUT2D eigenvalue weighted by atomic mass is 9.95. The minimum Gasteiger partial charge on any atom is -0.356 e. The third-order valence-electron chi connectivity index (χ3n) is 7.07. The number of amides is 2. The molecule has 33 heavy (non-hydrogen) atoms. The highest BCUT2D eigenvalue weighted by molar-refractivity contribution is 5.95. The van der Waals surface area contributed by atoms with Crippen LogP contribution in [-0.2, 0) is 11.2 Å². The SMILES string of the molecule is CC(=O)Nc1ccc(C(=O)N2CCC[C@@H](c3nc(C)c4c(n3)N(CC3CC3)CCC4)C2)cc1. The van der Waals surface area contributed by atoms with Gasteiger partial charge >= 0.3 is 0 Å². The fourth-order valence-corrected chi connectivity index (χ4v) is 5.14. The molecule has 0 bridgehead atoms. The monoisotopic (exact) mass is 447 g/mol. The number of hydrogen-bond donors (Lipinski definition) is 1. The van der Waals surface area contributed by atoms with Crippen molar-refractivity contribution >= 4 is 23.3 Å². The summed E-state index contributed by atoms with van der Waals surface area (Å²) in [5, 5.41) is 2.74. The van der Waals surface area contributed by atoms with E-state index in [-0.39, 0.29) is 17.7 Å². The average molecular weight is 448 g/mol. The zero-order valence-electron chi connectivity index (χ0n) is 19.6. The molecule has 3 heterocycles. The molecule has 174 valence electrons. The van der Waals surface area contributed by atoms with Crippen LogP contribution in [0.15, 0.2) is 24.3 Å². The average Bonchev–Trinajstić information content (AvgIpc) is 3.63. The number of aromatic nitrogens is 2. The molecule has 2 aliphatic heterocycles. The molecule has 2 fully saturated rings. The first-order valence-electron chi connectivity index (χ1n) is 12.3. The fourth-order valence-electron chi connectivity index (χ4n) is 5.14. The number of aryl methyl sites for hydroxylation is 1. The maximum absolute atomic E-state index is 13.2. The minimum absolute atomic E-state index is 0.0270. The second-order valence-electron chi connectivity index (χ2n) is 9.81. The molecule has 2 aromatic rings. The molecular formula is C26H33N5O2. The van der Waals surface area contributed by atoms with Crippen molar-refractivity contribution in [2.24, 2.45) is 5.92 Å². The summed E-state index contributed by atoms with van der Waals surface area (Å²) < 4.78 is 0. The molecule has 0 unspecified atom stereocenters. The maximum atomic E-state index is 13.2. The Morgan fingerprint density at radius 1 is 1.06 bits per heavy atom. The Morgan fingerprint density at radius 2 is 1.85 bits per heavy atom. The lowest BCUT2D eigenvalue weighted by molar-refractivity contribution is -0.114. The molecule has 0 radical (unpaired) electrons. The van der Waals surface area contributed by atoms with Crippen molar-refractivity contribution in [2.45, 2.75) is 58.3 Å². The van der Waals surface area contributed by atoms with Crippen LogP contribution >= 0.6 is 0 Å². The number of likely N-dealkylation sites (tertiary alicyclic amines) is 1.